The Balaban J connectivity index is 5.26. The van der Waals surface area contributed by atoms with Gasteiger partial charge in [0.15, 0.2) is 0 Å². The molecule has 14 heteroatoms. The lowest BCUT2D eigenvalue weighted by molar-refractivity contribution is -0.192. The molecule has 0 aliphatic carbocycles. The van der Waals surface area contributed by atoms with E-state index < -0.39 is 42.3 Å². The Morgan fingerprint density at radius 1 is 0.396 bits per heavy atom. The highest BCUT2D eigenvalue weighted by Crippen LogP contribution is 2.26. The fourth-order valence-corrected chi connectivity index (χ4v) is 3.82. The van der Waals surface area contributed by atoms with E-state index in [1.54, 1.807) is 6.92 Å². The normalized spacial score (nSPS) is 11.3. The van der Waals surface area contributed by atoms with Crippen LogP contribution in [0.25, 0.3) is 0 Å². The van der Waals surface area contributed by atoms with Crippen molar-refractivity contribution in [2.24, 2.45) is 0 Å². The molecule has 0 aromatic heterocycles. The van der Waals surface area contributed by atoms with E-state index in [2.05, 4.69) is 20.8 Å². The number of rotatable bonds is 35. The van der Waals surface area contributed by atoms with E-state index >= 15 is 0 Å². The van der Waals surface area contributed by atoms with Crippen LogP contribution in [0.15, 0.2) is 0 Å². The number of unbranched alkanes of at least 4 members (excludes halogenated alkanes) is 3. The number of hydrogen-bond donors (Lipinski definition) is 0. The first-order valence-corrected chi connectivity index (χ1v) is 17.5. The largest absolute Gasteiger partial charge is 0.463 e. The zero-order valence-corrected chi connectivity index (χ0v) is 29.9. The Morgan fingerprint density at radius 3 is 1.08 bits per heavy atom. The number of carbonyl (C=O) groups is 4. The molecule has 282 valence electrons. The number of ether oxygens (including phenoxy) is 10. The van der Waals surface area contributed by atoms with E-state index in [9.17, 15) is 19.2 Å². The Hall–Kier alpha value is -2.36. The molecule has 0 heterocycles. The fraction of sp³-hybridized carbons (Fsp3) is 0.882. The first-order valence-electron chi connectivity index (χ1n) is 17.5. The van der Waals surface area contributed by atoms with Crippen LogP contribution in [-0.4, -0.2) is 129 Å². The lowest BCUT2D eigenvalue weighted by Gasteiger charge is -2.29. The predicted octanol–water partition coefficient (Wildman–Crippen LogP) is 3.98. The third-order valence-corrected chi connectivity index (χ3v) is 6.48. The third-order valence-electron chi connectivity index (χ3n) is 6.48. The lowest BCUT2D eigenvalue weighted by Crippen LogP contribution is -2.49. The van der Waals surface area contributed by atoms with Crippen molar-refractivity contribution in [1.29, 1.82) is 0 Å². The molecule has 0 N–H and O–H groups in total. The van der Waals surface area contributed by atoms with Gasteiger partial charge in [0, 0.05) is 26.2 Å². The van der Waals surface area contributed by atoms with Crippen LogP contribution in [0.1, 0.15) is 91.9 Å². The molecule has 48 heavy (non-hydrogen) atoms. The standard InChI is InChI=1S/C34H62O14/c1-5-9-13-39-16-19-42-22-25-45-31(36)28-34(48-30(35)12-8-4,33(38)47-27-24-44-21-18-41-15-11-7-3)29-32(37)46-26-23-43-20-17-40-14-10-6-2/h5-29H2,1-4H3. The second-order valence-electron chi connectivity index (χ2n) is 10.9. The molecule has 0 rings (SSSR count). The number of hydrogen-bond acceptors (Lipinski definition) is 14. The van der Waals surface area contributed by atoms with Gasteiger partial charge >= 0.3 is 23.9 Å². The summed E-state index contributed by atoms with van der Waals surface area (Å²) in [6, 6.07) is 0. The Kier molecular flexibility index (Phi) is 31.5. The van der Waals surface area contributed by atoms with Crippen LogP contribution in [0.3, 0.4) is 0 Å². The van der Waals surface area contributed by atoms with Gasteiger partial charge in [0.25, 0.3) is 0 Å². The van der Waals surface area contributed by atoms with Crippen LogP contribution in [0.2, 0.25) is 0 Å². The van der Waals surface area contributed by atoms with Gasteiger partial charge in [0.1, 0.15) is 19.8 Å². The summed E-state index contributed by atoms with van der Waals surface area (Å²) < 4.78 is 53.9. The second kappa shape index (κ2) is 33.2. The third kappa shape index (κ3) is 26.6. The van der Waals surface area contributed by atoms with E-state index in [-0.39, 0.29) is 52.7 Å². The van der Waals surface area contributed by atoms with Gasteiger partial charge in [-0.05, 0) is 25.7 Å². The van der Waals surface area contributed by atoms with Crippen molar-refractivity contribution in [2.45, 2.75) is 97.5 Å². The highest BCUT2D eigenvalue weighted by atomic mass is 16.6. The Labute approximate surface area is 287 Å². The van der Waals surface area contributed by atoms with Crippen molar-refractivity contribution >= 4 is 23.9 Å². The summed E-state index contributed by atoms with van der Waals surface area (Å²) in [6.45, 7) is 11.7. The molecule has 0 spiro atoms. The van der Waals surface area contributed by atoms with Gasteiger partial charge in [-0.15, -0.1) is 0 Å². The molecule has 14 nitrogen and oxygen atoms in total. The smallest absolute Gasteiger partial charge is 0.351 e. The van der Waals surface area contributed by atoms with E-state index in [1.807, 2.05) is 0 Å². The van der Waals surface area contributed by atoms with Gasteiger partial charge in [-0.3, -0.25) is 14.4 Å². The summed E-state index contributed by atoms with van der Waals surface area (Å²) >= 11 is 0. The van der Waals surface area contributed by atoms with Gasteiger partial charge in [0.05, 0.1) is 72.3 Å². The van der Waals surface area contributed by atoms with Crippen molar-refractivity contribution in [1.82, 2.24) is 0 Å². The number of carbonyl (C=O) groups excluding carboxylic acids is 4. The van der Waals surface area contributed by atoms with Gasteiger partial charge < -0.3 is 47.4 Å². The van der Waals surface area contributed by atoms with Gasteiger partial charge in [-0.2, -0.15) is 0 Å². The van der Waals surface area contributed by atoms with E-state index in [4.69, 9.17) is 47.4 Å². The molecule has 0 bridgehead atoms. The first-order chi connectivity index (χ1) is 23.3. The maximum absolute atomic E-state index is 13.5. The Morgan fingerprint density at radius 2 is 0.729 bits per heavy atom. The van der Waals surface area contributed by atoms with Crippen LogP contribution in [0, 0.1) is 0 Å². The lowest BCUT2D eigenvalue weighted by atomic mass is 9.94. The van der Waals surface area contributed by atoms with Gasteiger partial charge in [-0.1, -0.05) is 47.0 Å². The van der Waals surface area contributed by atoms with E-state index in [0.29, 0.717) is 59.3 Å². The second-order valence-corrected chi connectivity index (χ2v) is 10.9. The Bertz CT molecular complexity index is 771. The van der Waals surface area contributed by atoms with Crippen LogP contribution >= 0.6 is 0 Å². The minimum Gasteiger partial charge on any atom is -0.463 e. The molecule has 0 aliphatic rings. The summed E-state index contributed by atoms with van der Waals surface area (Å²) in [4.78, 5) is 52.0. The quantitative estimate of drug-likeness (QED) is 0.0532. The molecule has 0 saturated carbocycles. The molecular weight excluding hydrogens is 632 g/mol. The summed E-state index contributed by atoms with van der Waals surface area (Å²) in [5.41, 5.74) is -2.31. The first kappa shape index (κ1) is 45.6. The topological polar surface area (TPSA) is 161 Å². The van der Waals surface area contributed by atoms with Crippen LogP contribution in [0.4, 0.5) is 0 Å². The highest BCUT2D eigenvalue weighted by molar-refractivity contribution is 5.92. The predicted molar refractivity (Wildman–Crippen MR) is 175 cm³/mol. The molecule has 0 aromatic rings. The molecule has 0 aromatic carbocycles. The van der Waals surface area contributed by atoms with Crippen molar-refractivity contribution in [3.8, 4) is 0 Å². The van der Waals surface area contributed by atoms with E-state index in [0.717, 1.165) is 38.5 Å². The van der Waals surface area contributed by atoms with Crippen molar-refractivity contribution < 1.29 is 66.5 Å². The molecule has 0 saturated heterocycles. The fourth-order valence-electron chi connectivity index (χ4n) is 3.82. The zero-order valence-electron chi connectivity index (χ0n) is 29.9. The molecular formula is C34H62O14. The average molecular weight is 695 g/mol. The van der Waals surface area contributed by atoms with Gasteiger partial charge in [0.2, 0.25) is 5.60 Å². The SMILES string of the molecule is CCCCOCCOCCOC(=O)CC(CC(=O)OCCOCCOCCCC)(OC(=O)CCC)C(=O)OCCOCCOCCCC. The molecule has 0 fully saturated rings. The van der Waals surface area contributed by atoms with Crippen LogP contribution in [0.5, 0.6) is 0 Å². The van der Waals surface area contributed by atoms with Crippen molar-refractivity contribution in [3.05, 3.63) is 0 Å². The van der Waals surface area contributed by atoms with Crippen LogP contribution < -0.4 is 0 Å². The molecule has 0 aliphatic heterocycles. The average Bonchev–Trinajstić information content (AvgIpc) is 3.05. The summed E-state index contributed by atoms with van der Waals surface area (Å²) in [7, 11) is 0. The highest BCUT2D eigenvalue weighted by Gasteiger charge is 2.49. The summed E-state index contributed by atoms with van der Waals surface area (Å²) in [5, 5.41) is 0. The molecule has 0 amide bonds. The zero-order chi connectivity index (χ0) is 35.6. The van der Waals surface area contributed by atoms with Crippen molar-refractivity contribution in [2.75, 3.05) is 99.1 Å². The molecule has 0 radical (unpaired) electrons. The van der Waals surface area contributed by atoms with E-state index in [1.165, 1.54) is 0 Å². The maximum atomic E-state index is 13.5. The minimum absolute atomic E-state index is 0.0236. The van der Waals surface area contributed by atoms with Gasteiger partial charge in [-0.25, -0.2) is 4.79 Å². The van der Waals surface area contributed by atoms with Crippen molar-refractivity contribution in [3.63, 3.8) is 0 Å². The maximum Gasteiger partial charge on any atom is 0.351 e. The summed E-state index contributed by atoms with van der Waals surface area (Å²) in [5.74, 6) is -3.66. The number of esters is 4. The van der Waals surface area contributed by atoms with Crippen LogP contribution in [-0.2, 0) is 66.5 Å². The minimum atomic E-state index is -2.31. The summed E-state index contributed by atoms with van der Waals surface area (Å²) in [6.07, 6.45) is 4.77. The molecule has 0 atom stereocenters. The monoisotopic (exact) mass is 694 g/mol. The molecule has 0 unspecified atom stereocenters.